The molecule has 0 aliphatic carbocycles. The minimum Gasteiger partial charge on any atom is -0.397 e. The van der Waals surface area contributed by atoms with Crippen molar-refractivity contribution in [2.45, 2.75) is 16.7 Å². The number of hydrogen-bond donors (Lipinski definition) is 2. The third kappa shape index (κ3) is 3.75. The van der Waals surface area contributed by atoms with Gasteiger partial charge in [0.05, 0.1) is 32.2 Å². The lowest BCUT2D eigenvalue weighted by atomic mass is 10.2. The Balaban J connectivity index is 2.39. The molecule has 0 aliphatic heterocycles. The predicted molar refractivity (Wildman–Crippen MR) is 86.3 cm³/mol. The van der Waals surface area contributed by atoms with Crippen LogP contribution in [0, 0.1) is 0 Å². The molecule has 0 heterocycles. The summed E-state index contributed by atoms with van der Waals surface area (Å²) in [6, 6.07) is 9.58. The maximum Gasteiger partial charge on any atom is 0.221 e. The lowest BCUT2D eigenvalue weighted by molar-refractivity contribution is -0.114. The van der Waals surface area contributed by atoms with Gasteiger partial charge in [0.15, 0.2) is 0 Å². The van der Waals surface area contributed by atoms with Gasteiger partial charge in [-0.1, -0.05) is 23.2 Å². The Bertz CT molecular complexity index is 735. The Morgan fingerprint density at radius 2 is 1.71 bits per heavy atom. The van der Waals surface area contributed by atoms with E-state index in [2.05, 4.69) is 5.32 Å². The summed E-state index contributed by atoms with van der Waals surface area (Å²) in [7, 11) is -1.45. The normalized spacial score (nSPS) is 12.0. The molecule has 4 nitrogen and oxygen atoms in total. The zero-order valence-electron chi connectivity index (χ0n) is 11.0. The van der Waals surface area contributed by atoms with E-state index in [-0.39, 0.29) is 5.91 Å². The number of nitrogens with one attached hydrogen (secondary N) is 1. The van der Waals surface area contributed by atoms with Crippen molar-refractivity contribution in [3.8, 4) is 0 Å². The highest BCUT2D eigenvalue weighted by Gasteiger charge is 2.12. The Morgan fingerprint density at radius 1 is 1.10 bits per heavy atom. The summed E-state index contributed by atoms with van der Waals surface area (Å²) in [4.78, 5) is 12.1. The van der Waals surface area contributed by atoms with Crippen molar-refractivity contribution in [3.63, 3.8) is 0 Å². The van der Waals surface area contributed by atoms with E-state index < -0.39 is 10.8 Å². The molecule has 0 fully saturated rings. The van der Waals surface area contributed by atoms with Crippen LogP contribution >= 0.6 is 23.2 Å². The SMILES string of the molecule is CC(=O)Nc1cc(S(=O)c2ccc(Cl)c(Cl)c2)ccc1N. The third-order valence-corrected chi connectivity index (χ3v) is 4.76. The summed E-state index contributed by atoms with van der Waals surface area (Å²) in [6.45, 7) is 1.38. The molecule has 2 aromatic carbocycles. The van der Waals surface area contributed by atoms with Gasteiger partial charge < -0.3 is 11.1 Å². The number of carbonyl (C=O) groups is 1. The van der Waals surface area contributed by atoms with Gasteiger partial charge in [-0.3, -0.25) is 4.79 Å². The molecular formula is C14H12Cl2N2O2S. The molecule has 1 atom stereocenters. The molecule has 21 heavy (non-hydrogen) atoms. The number of rotatable bonds is 3. The second-order valence-electron chi connectivity index (χ2n) is 4.27. The molecule has 3 N–H and O–H groups in total. The first-order chi connectivity index (χ1) is 9.88. The largest absolute Gasteiger partial charge is 0.397 e. The monoisotopic (exact) mass is 342 g/mol. The second kappa shape index (κ2) is 6.47. The van der Waals surface area contributed by atoms with Gasteiger partial charge in [-0.2, -0.15) is 0 Å². The summed E-state index contributed by atoms with van der Waals surface area (Å²) < 4.78 is 12.5. The molecular weight excluding hydrogens is 331 g/mol. The second-order valence-corrected chi connectivity index (χ2v) is 6.57. The Hall–Kier alpha value is -1.56. The van der Waals surface area contributed by atoms with E-state index in [0.717, 1.165) is 0 Å². The first kappa shape index (κ1) is 15.8. The topological polar surface area (TPSA) is 72.2 Å². The van der Waals surface area contributed by atoms with Crippen molar-refractivity contribution >= 4 is 51.3 Å². The van der Waals surface area contributed by atoms with Crippen molar-refractivity contribution in [1.82, 2.24) is 0 Å². The van der Waals surface area contributed by atoms with Crippen molar-refractivity contribution in [2.75, 3.05) is 11.1 Å². The molecule has 7 heteroatoms. The van der Waals surface area contributed by atoms with E-state index in [1.165, 1.54) is 6.92 Å². The van der Waals surface area contributed by atoms with Gasteiger partial charge in [-0.25, -0.2) is 4.21 Å². The Labute approximate surface area is 134 Å². The predicted octanol–water partition coefficient (Wildman–Crippen LogP) is 3.70. The van der Waals surface area contributed by atoms with Crippen LogP contribution < -0.4 is 11.1 Å². The van der Waals surface area contributed by atoms with Crippen LogP contribution in [0.2, 0.25) is 10.0 Å². The van der Waals surface area contributed by atoms with Gasteiger partial charge in [-0.05, 0) is 36.4 Å². The molecule has 0 saturated heterocycles. The number of benzene rings is 2. The smallest absolute Gasteiger partial charge is 0.221 e. The fraction of sp³-hybridized carbons (Fsp3) is 0.0714. The van der Waals surface area contributed by atoms with E-state index >= 15 is 0 Å². The number of carbonyl (C=O) groups excluding carboxylic acids is 1. The highest BCUT2D eigenvalue weighted by atomic mass is 35.5. The average Bonchev–Trinajstić information content (AvgIpc) is 2.43. The lowest BCUT2D eigenvalue weighted by Crippen LogP contribution is -2.08. The number of anilines is 2. The third-order valence-electron chi connectivity index (χ3n) is 2.65. The van der Waals surface area contributed by atoms with Gasteiger partial charge in [0, 0.05) is 16.7 Å². The molecule has 0 spiro atoms. The first-order valence-corrected chi connectivity index (χ1v) is 7.83. The van der Waals surface area contributed by atoms with Crippen LogP contribution in [0.25, 0.3) is 0 Å². The molecule has 0 aromatic heterocycles. The minimum atomic E-state index is -1.45. The van der Waals surface area contributed by atoms with Gasteiger partial charge >= 0.3 is 0 Å². The van der Waals surface area contributed by atoms with Gasteiger partial charge in [0.1, 0.15) is 0 Å². The first-order valence-electron chi connectivity index (χ1n) is 5.92. The number of amides is 1. The molecule has 0 radical (unpaired) electrons. The van der Waals surface area contributed by atoms with Crippen LogP contribution in [0.15, 0.2) is 46.2 Å². The molecule has 1 amide bonds. The highest BCUT2D eigenvalue weighted by molar-refractivity contribution is 7.85. The van der Waals surface area contributed by atoms with Crippen LogP contribution in [0.5, 0.6) is 0 Å². The number of nitrogens with two attached hydrogens (primary N) is 1. The summed E-state index contributed by atoms with van der Waals surface area (Å²) in [6.07, 6.45) is 0. The zero-order chi connectivity index (χ0) is 15.6. The summed E-state index contributed by atoms with van der Waals surface area (Å²) in [5, 5.41) is 3.33. The van der Waals surface area contributed by atoms with Crippen molar-refractivity contribution < 1.29 is 9.00 Å². The van der Waals surface area contributed by atoms with Crippen molar-refractivity contribution in [1.29, 1.82) is 0 Å². The molecule has 1 unspecified atom stereocenters. The number of nitrogen functional groups attached to an aromatic ring is 1. The van der Waals surface area contributed by atoms with Gasteiger partial charge in [0.2, 0.25) is 5.91 Å². The molecule has 0 saturated carbocycles. The summed E-state index contributed by atoms with van der Waals surface area (Å²) in [5.74, 6) is -0.251. The Morgan fingerprint density at radius 3 is 2.33 bits per heavy atom. The van der Waals surface area contributed by atoms with Gasteiger partial charge in [0.25, 0.3) is 0 Å². The van der Waals surface area contributed by atoms with Gasteiger partial charge in [-0.15, -0.1) is 0 Å². The van der Waals surface area contributed by atoms with Crippen molar-refractivity contribution in [2.24, 2.45) is 0 Å². The van der Waals surface area contributed by atoms with E-state index in [9.17, 15) is 9.00 Å². The Kier molecular flexibility index (Phi) is 4.88. The highest BCUT2D eigenvalue weighted by Crippen LogP contribution is 2.28. The lowest BCUT2D eigenvalue weighted by Gasteiger charge is -2.09. The molecule has 0 aliphatic rings. The van der Waals surface area contributed by atoms with E-state index in [1.807, 2.05) is 0 Å². The molecule has 0 bridgehead atoms. The van der Waals surface area contributed by atoms with Crippen LogP contribution in [0.4, 0.5) is 11.4 Å². The van der Waals surface area contributed by atoms with Crippen LogP contribution in [-0.2, 0) is 15.6 Å². The van der Waals surface area contributed by atoms with E-state index in [4.69, 9.17) is 28.9 Å². The van der Waals surface area contributed by atoms with Crippen molar-refractivity contribution in [3.05, 3.63) is 46.4 Å². The summed E-state index contributed by atoms with van der Waals surface area (Å²) >= 11 is 11.8. The van der Waals surface area contributed by atoms with E-state index in [1.54, 1.807) is 36.4 Å². The van der Waals surface area contributed by atoms with Crippen LogP contribution in [0.3, 0.4) is 0 Å². The fourth-order valence-electron chi connectivity index (χ4n) is 1.68. The number of halogens is 2. The minimum absolute atomic E-state index is 0.251. The van der Waals surface area contributed by atoms with Crippen LogP contribution in [0.1, 0.15) is 6.92 Å². The van der Waals surface area contributed by atoms with E-state index in [0.29, 0.717) is 31.2 Å². The maximum atomic E-state index is 12.5. The standard InChI is InChI=1S/C14H12Cl2N2O2S/c1-8(19)18-14-7-10(3-5-13(14)17)21(20)9-2-4-11(15)12(16)6-9/h2-7H,17H2,1H3,(H,18,19). The average molecular weight is 343 g/mol. The number of hydrogen-bond acceptors (Lipinski definition) is 3. The molecule has 2 rings (SSSR count). The van der Waals surface area contributed by atoms with Crippen LogP contribution in [-0.4, -0.2) is 10.1 Å². The summed E-state index contributed by atoms with van der Waals surface area (Å²) in [5.41, 5.74) is 6.60. The quantitative estimate of drug-likeness (QED) is 0.835. The maximum absolute atomic E-state index is 12.5. The zero-order valence-corrected chi connectivity index (χ0v) is 13.4. The fourth-order valence-corrected chi connectivity index (χ4v) is 3.14. The molecule has 2 aromatic rings. The molecule has 110 valence electrons.